The standard InChI is InChI=1S/C21H20ClFN6/c1-25-15-6-8-29(9-7-15)21-27-19-10-13(12-24)2-4-16(19)20(28-21)26-18-5-3-14(22)11-17(18)23/h2-5,10-11,15,25H,6-9H2,1H3,(H,26,27,28). The molecule has 1 saturated heterocycles. The minimum atomic E-state index is -0.464. The second kappa shape index (κ2) is 8.19. The van der Waals surface area contributed by atoms with E-state index in [9.17, 15) is 9.65 Å². The third-order valence-electron chi connectivity index (χ3n) is 5.18. The summed E-state index contributed by atoms with van der Waals surface area (Å²) in [5.41, 5.74) is 1.43. The molecule has 2 aromatic carbocycles. The van der Waals surface area contributed by atoms with Crippen molar-refractivity contribution in [1.29, 1.82) is 5.26 Å². The number of nitrogens with zero attached hydrogens (tertiary/aromatic N) is 4. The van der Waals surface area contributed by atoms with Crippen LogP contribution in [0.4, 0.5) is 21.8 Å². The summed E-state index contributed by atoms with van der Waals surface area (Å²) in [5.74, 6) is 0.597. The minimum Gasteiger partial charge on any atom is -0.341 e. The van der Waals surface area contributed by atoms with Gasteiger partial charge < -0.3 is 15.5 Å². The van der Waals surface area contributed by atoms with E-state index in [1.165, 1.54) is 6.07 Å². The van der Waals surface area contributed by atoms with Gasteiger partial charge in [0.25, 0.3) is 0 Å². The van der Waals surface area contributed by atoms with Gasteiger partial charge in [-0.15, -0.1) is 0 Å². The van der Waals surface area contributed by atoms with E-state index in [1.54, 1.807) is 30.3 Å². The lowest BCUT2D eigenvalue weighted by atomic mass is 10.1. The first-order valence-electron chi connectivity index (χ1n) is 9.43. The van der Waals surface area contributed by atoms with Crippen LogP contribution >= 0.6 is 11.6 Å². The molecule has 2 heterocycles. The van der Waals surface area contributed by atoms with Crippen LogP contribution in [0.1, 0.15) is 18.4 Å². The highest BCUT2D eigenvalue weighted by molar-refractivity contribution is 6.30. The largest absolute Gasteiger partial charge is 0.341 e. The number of benzene rings is 2. The summed E-state index contributed by atoms with van der Waals surface area (Å²) >= 11 is 5.86. The van der Waals surface area contributed by atoms with Gasteiger partial charge in [0.1, 0.15) is 11.6 Å². The Bertz CT molecular complexity index is 1090. The Morgan fingerprint density at radius 1 is 1.17 bits per heavy atom. The van der Waals surface area contributed by atoms with Crippen LogP contribution in [-0.2, 0) is 0 Å². The maximum Gasteiger partial charge on any atom is 0.227 e. The van der Waals surface area contributed by atoms with E-state index in [4.69, 9.17) is 16.6 Å². The summed E-state index contributed by atoms with van der Waals surface area (Å²) in [6, 6.07) is 12.3. The molecule has 4 rings (SSSR count). The molecule has 0 radical (unpaired) electrons. The summed E-state index contributed by atoms with van der Waals surface area (Å²) in [6.07, 6.45) is 1.98. The molecular formula is C21H20ClFN6. The Hall–Kier alpha value is -2.95. The van der Waals surface area contributed by atoms with Crippen molar-refractivity contribution in [2.45, 2.75) is 18.9 Å². The zero-order chi connectivity index (χ0) is 20.4. The number of aromatic nitrogens is 2. The first-order valence-corrected chi connectivity index (χ1v) is 9.81. The molecule has 1 aliphatic heterocycles. The lowest BCUT2D eigenvalue weighted by molar-refractivity contribution is 0.439. The quantitative estimate of drug-likeness (QED) is 0.670. The van der Waals surface area contributed by atoms with Gasteiger partial charge in [0.15, 0.2) is 0 Å². The number of halogens is 2. The average Bonchev–Trinajstić information content (AvgIpc) is 2.75. The number of nitriles is 1. The van der Waals surface area contributed by atoms with Gasteiger partial charge in [0, 0.05) is 29.5 Å². The maximum absolute atomic E-state index is 14.3. The lowest BCUT2D eigenvalue weighted by Crippen LogP contribution is -2.41. The zero-order valence-electron chi connectivity index (χ0n) is 15.9. The Morgan fingerprint density at radius 2 is 1.97 bits per heavy atom. The van der Waals surface area contributed by atoms with E-state index in [0.717, 1.165) is 25.9 Å². The van der Waals surface area contributed by atoms with Crippen LogP contribution in [-0.4, -0.2) is 36.1 Å². The average molecular weight is 411 g/mol. The molecule has 29 heavy (non-hydrogen) atoms. The van der Waals surface area contributed by atoms with Crippen LogP contribution in [0.25, 0.3) is 10.9 Å². The fourth-order valence-corrected chi connectivity index (χ4v) is 3.67. The van der Waals surface area contributed by atoms with Crippen LogP contribution in [0, 0.1) is 17.1 Å². The molecule has 0 amide bonds. The van der Waals surface area contributed by atoms with E-state index < -0.39 is 5.82 Å². The number of hydrogen-bond donors (Lipinski definition) is 2. The third-order valence-corrected chi connectivity index (χ3v) is 5.42. The summed E-state index contributed by atoms with van der Waals surface area (Å²) in [6.45, 7) is 1.65. The highest BCUT2D eigenvalue weighted by Gasteiger charge is 2.21. The molecule has 148 valence electrons. The molecule has 0 unspecified atom stereocenters. The Labute approximate surface area is 173 Å². The van der Waals surface area contributed by atoms with Gasteiger partial charge in [-0.25, -0.2) is 9.37 Å². The molecule has 0 spiro atoms. The van der Waals surface area contributed by atoms with E-state index in [-0.39, 0.29) is 5.69 Å². The molecule has 2 N–H and O–H groups in total. The fourth-order valence-electron chi connectivity index (χ4n) is 3.51. The topological polar surface area (TPSA) is 76.9 Å². The van der Waals surface area contributed by atoms with E-state index in [1.807, 2.05) is 7.05 Å². The monoisotopic (exact) mass is 410 g/mol. The summed E-state index contributed by atoms with van der Waals surface area (Å²) < 4.78 is 14.3. The van der Waals surface area contributed by atoms with Crippen molar-refractivity contribution in [1.82, 2.24) is 15.3 Å². The highest BCUT2D eigenvalue weighted by atomic mass is 35.5. The predicted octanol–water partition coefficient (Wildman–Crippen LogP) is 4.23. The number of piperidine rings is 1. The first-order chi connectivity index (χ1) is 14.1. The highest BCUT2D eigenvalue weighted by Crippen LogP contribution is 2.30. The van der Waals surface area contributed by atoms with Crippen LogP contribution < -0.4 is 15.5 Å². The van der Waals surface area contributed by atoms with Crippen molar-refractivity contribution in [3.05, 3.63) is 52.8 Å². The molecule has 1 aromatic heterocycles. The third kappa shape index (κ3) is 4.09. The van der Waals surface area contributed by atoms with Crippen LogP contribution in [0.3, 0.4) is 0 Å². The number of nitrogens with one attached hydrogen (secondary N) is 2. The van der Waals surface area contributed by atoms with Crippen LogP contribution in [0.5, 0.6) is 0 Å². The number of hydrogen-bond acceptors (Lipinski definition) is 6. The molecule has 0 saturated carbocycles. The maximum atomic E-state index is 14.3. The predicted molar refractivity (Wildman–Crippen MR) is 113 cm³/mol. The summed E-state index contributed by atoms with van der Waals surface area (Å²) in [4.78, 5) is 11.5. The zero-order valence-corrected chi connectivity index (χ0v) is 16.7. The first kappa shape index (κ1) is 19.4. The summed E-state index contributed by atoms with van der Waals surface area (Å²) in [7, 11) is 1.97. The van der Waals surface area contributed by atoms with E-state index >= 15 is 0 Å². The lowest BCUT2D eigenvalue weighted by Gasteiger charge is -2.32. The molecule has 0 atom stereocenters. The number of rotatable bonds is 4. The van der Waals surface area contributed by atoms with E-state index in [2.05, 4.69) is 26.6 Å². The van der Waals surface area contributed by atoms with Gasteiger partial charge in [-0.2, -0.15) is 10.2 Å². The smallest absolute Gasteiger partial charge is 0.227 e. The van der Waals surface area contributed by atoms with Crippen LogP contribution in [0.2, 0.25) is 5.02 Å². The van der Waals surface area contributed by atoms with Gasteiger partial charge in [-0.1, -0.05) is 11.6 Å². The number of fused-ring (bicyclic) bond motifs is 1. The molecule has 3 aromatic rings. The van der Waals surface area contributed by atoms with Crippen molar-refractivity contribution < 1.29 is 4.39 Å². The van der Waals surface area contributed by atoms with Crippen molar-refractivity contribution >= 4 is 40.0 Å². The second-order valence-electron chi connectivity index (χ2n) is 7.02. The van der Waals surface area contributed by atoms with Gasteiger partial charge in [-0.3, -0.25) is 0 Å². The van der Waals surface area contributed by atoms with Gasteiger partial charge in [0.05, 0.1) is 22.8 Å². The Balaban J connectivity index is 1.76. The number of anilines is 3. The molecule has 0 aliphatic carbocycles. The van der Waals surface area contributed by atoms with Gasteiger partial charge in [0.2, 0.25) is 5.95 Å². The van der Waals surface area contributed by atoms with Crippen molar-refractivity contribution in [3.8, 4) is 6.07 Å². The molecular weight excluding hydrogens is 391 g/mol. The fraction of sp³-hybridized carbons (Fsp3) is 0.286. The van der Waals surface area contributed by atoms with Crippen molar-refractivity contribution in [2.24, 2.45) is 0 Å². The minimum absolute atomic E-state index is 0.276. The van der Waals surface area contributed by atoms with Gasteiger partial charge in [-0.05, 0) is 56.3 Å². The summed E-state index contributed by atoms with van der Waals surface area (Å²) in [5, 5.41) is 16.7. The Morgan fingerprint density at radius 3 is 2.66 bits per heavy atom. The molecule has 8 heteroatoms. The molecule has 1 fully saturated rings. The van der Waals surface area contributed by atoms with Gasteiger partial charge >= 0.3 is 0 Å². The SMILES string of the molecule is CNC1CCN(c2nc(Nc3ccc(Cl)cc3F)c3ccc(C#N)cc3n2)CC1. The Kier molecular flexibility index (Phi) is 5.47. The van der Waals surface area contributed by atoms with Crippen molar-refractivity contribution in [3.63, 3.8) is 0 Å². The second-order valence-corrected chi connectivity index (χ2v) is 7.45. The van der Waals surface area contributed by atoms with Crippen LogP contribution in [0.15, 0.2) is 36.4 Å². The molecule has 6 nitrogen and oxygen atoms in total. The van der Waals surface area contributed by atoms with E-state index in [0.29, 0.717) is 39.3 Å². The molecule has 1 aliphatic rings. The molecule has 0 bridgehead atoms. The van der Waals surface area contributed by atoms with Crippen molar-refractivity contribution in [2.75, 3.05) is 30.4 Å². The normalized spacial score (nSPS) is 14.8.